The van der Waals surface area contributed by atoms with Crippen LogP contribution in [-0.4, -0.2) is 76.6 Å². The van der Waals surface area contributed by atoms with Crippen molar-refractivity contribution < 1.29 is 4.79 Å². The molecule has 3 aliphatic heterocycles. The van der Waals surface area contributed by atoms with Gasteiger partial charge >= 0.3 is 0 Å². The second-order valence-electron chi connectivity index (χ2n) is 13.1. The third kappa shape index (κ3) is 4.87. The largest absolute Gasteiger partial charge is 0.342 e. The Kier molecular flexibility index (Phi) is 6.93. The number of amides is 1. The lowest BCUT2D eigenvalue weighted by atomic mass is 9.70. The highest BCUT2D eigenvalue weighted by atomic mass is 16.2. The Labute approximate surface area is 257 Å². The van der Waals surface area contributed by atoms with Gasteiger partial charge in [0.1, 0.15) is 5.82 Å². The van der Waals surface area contributed by atoms with Crippen LogP contribution in [0.2, 0.25) is 0 Å². The lowest BCUT2D eigenvalue weighted by Gasteiger charge is -2.45. The molecule has 9 nitrogen and oxygen atoms in total. The van der Waals surface area contributed by atoms with Crippen LogP contribution in [0.1, 0.15) is 68.2 Å². The highest BCUT2D eigenvalue weighted by Gasteiger charge is 2.44. The standard InChI is InChI=1S/C35H40N8O/c1-25-37-30-10-5-6-11-31(30)43(25)29-22-27-12-13-28(23-29)41(27)21-16-35(26-8-3-2-4-9-26)14-19-40(20-15-35)33(44)24-32-38-34-36-17-7-18-42(34)39-32/h2-11,17-18,27-29H,12-16,19-24H2,1H3. The molecule has 0 aliphatic carbocycles. The molecule has 2 atom stereocenters. The summed E-state index contributed by atoms with van der Waals surface area (Å²) in [5.41, 5.74) is 3.89. The second kappa shape index (κ2) is 11.1. The van der Waals surface area contributed by atoms with Gasteiger partial charge in [-0.3, -0.25) is 9.69 Å². The molecule has 3 aromatic heterocycles. The Bertz CT molecular complexity index is 1740. The average Bonchev–Trinajstić information content (AvgIpc) is 3.69. The highest BCUT2D eigenvalue weighted by molar-refractivity contribution is 5.78. The molecule has 5 aromatic rings. The van der Waals surface area contributed by atoms with Gasteiger partial charge in [-0.25, -0.2) is 14.5 Å². The normalized spacial score (nSPS) is 23.5. The van der Waals surface area contributed by atoms with E-state index in [2.05, 4.69) is 86.1 Å². The van der Waals surface area contributed by atoms with E-state index in [1.807, 2.05) is 17.2 Å². The number of imidazole rings is 1. The van der Waals surface area contributed by atoms with E-state index in [4.69, 9.17) is 4.98 Å². The molecule has 3 aliphatic rings. The first-order valence-electron chi connectivity index (χ1n) is 16.3. The zero-order valence-electron chi connectivity index (χ0n) is 25.4. The molecular formula is C35H40N8O. The summed E-state index contributed by atoms with van der Waals surface area (Å²) in [6, 6.07) is 23.2. The molecule has 2 aromatic carbocycles. The molecule has 2 unspecified atom stereocenters. The number of hydrogen-bond donors (Lipinski definition) is 0. The van der Waals surface area contributed by atoms with Gasteiger partial charge in [-0.1, -0.05) is 42.5 Å². The van der Waals surface area contributed by atoms with E-state index >= 15 is 0 Å². The predicted octanol–water partition coefficient (Wildman–Crippen LogP) is 5.14. The van der Waals surface area contributed by atoms with Crippen LogP contribution in [0.15, 0.2) is 73.1 Å². The lowest BCUT2D eigenvalue weighted by Crippen LogP contribution is -2.49. The average molecular weight is 589 g/mol. The van der Waals surface area contributed by atoms with Crippen molar-refractivity contribution in [2.75, 3.05) is 19.6 Å². The van der Waals surface area contributed by atoms with Crippen LogP contribution in [0.4, 0.5) is 0 Å². The van der Waals surface area contributed by atoms with Gasteiger partial charge < -0.3 is 9.47 Å². The molecule has 0 saturated carbocycles. The number of fused-ring (bicyclic) bond motifs is 4. The molecule has 9 heteroatoms. The van der Waals surface area contributed by atoms with E-state index in [1.165, 1.54) is 36.8 Å². The van der Waals surface area contributed by atoms with Gasteiger partial charge in [0.2, 0.25) is 5.91 Å². The minimum absolute atomic E-state index is 0.0801. The Morgan fingerprint density at radius 2 is 1.66 bits per heavy atom. The van der Waals surface area contributed by atoms with Gasteiger partial charge in [-0.15, -0.1) is 5.10 Å². The molecule has 0 radical (unpaired) electrons. The number of nitrogens with zero attached hydrogens (tertiary/aromatic N) is 8. The van der Waals surface area contributed by atoms with Crippen molar-refractivity contribution >= 4 is 22.7 Å². The number of piperidine rings is 2. The van der Waals surface area contributed by atoms with Crippen molar-refractivity contribution in [3.05, 3.63) is 90.3 Å². The fourth-order valence-corrected chi connectivity index (χ4v) is 8.55. The monoisotopic (exact) mass is 588 g/mol. The summed E-state index contributed by atoms with van der Waals surface area (Å²) in [6.45, 7) is 4.81. The van der Waals surface area contributed by atoms with E-state index in [-0.39, 0.29) is 17.7 Å². The summed E-state index contributed by atoms with van der Waals surface area (Å²) in [6.07, 6.45) is 11.8. The maximum absolute atomic E-state index is 13.3. The first-order valence-corrected chi connectivity index (χ1v) is 16.3. The van der Waals surface area contributed by atoms with Gasteiger partial charge in [-0.2, -0.15) is 4.98 Å². The van der Waals surface area contributed by atoms with Crippen LogP contribution in [0.25, 0.3) is 16.8 Å². The van der Waals surface area contributed by atoms with Crippen LogP contribution in [0.5, 0.6) is 0 Å². The fourth-order valence-electron chi connectivity index (χ4n) is 8.55. The minimum atomic E-state index is 0.0801. The summed E-state index contributed by atoms with van der Waals surface area (Å²) in [4.78, 5) is 31.8. The van der Waals surface area contributed by atoms with E-state index in [0.29, 0.717) is 29.7 Å². The number of carbonyl (C=O) groups is 1. The van der Waals surface area contributed by atoms with Crippen LogP contribution in [0, 0.1) is 6.92 Å². The molecule has 0 spiro atoms. The minimum Gasteiger partial charge on any atom is -0.342 e. The number of benzene rings is 2. The molecule has 3 fully saturated rings. The van der Waals surface area contributed by atoms with Crippen molar-refractivity contribution in [1.82, 2.24) is 38.9 Å². The van der Waals surface area contributed by atoms with Crippen molar-refractivity contribution in [3.8, 4) is 0 Å². The molecule has 6 heterocycles. The zero-order chi connectivity index (χ0) is 29.7. The quantitative estimate of drug-likeness (QED) is 0.262. The fraction of sp³-hybridized carbons (Fsp3) is 0.457. The van der Waals surface area contributed by atoms with Crippen molar-refractivity contribution in [2.24, 2.45) is 0 Å². The highest BCUT2D eigenvalue weighted by Crippen LogP contribution is 2.45. The van der Waals surface area contributed by atoms with Crippen molar-refractivity contribution in [2.45, 2.75) is 81.8 Å². The zero-order valence-corrected chi connectivity index (χ0v) is 25.4. The number of aromatic nitrogens is 6. The van der Waals surface area contributed by atoms with Crippen LogP contribution in [0.3, 0.4) is 0 Å². The van der Waals surface area contributed by atoms with Gasteiger partial charge in [-0.05, 0) is 87.6 Å². The Hall–Kier alpha value is -4.11. The summed E-state index contributed by atoms with van der Waals surface area (Å²) < 4.78 is 4.16. The topological polar surface area (TPSA) is 84.5 Å². The summed E-state index contributed by atoms with van der Waals surface area (Å²) in [5, 5.41) is 4.45. The van der Waals surface area contributed by atoms with E-state index in [9.17, 15) is 4.79 Å². The molecule has 0 N–H and O–H groups in total. The first kappa shape index (κ1) is 27.4. The molecule has 3 saturated heterocycles. The van der Waals surface area contributed by atoms with Crippen molar-refractivity contribution in [1.29, 1.82) is 0 Å². The maximum atomic E-state index is 13.3. The van der Waals surface area contributed by atoms with Gasteiger partial charge in [0.05, 0.1) is 17.5 Å². The number of hydrogen-bond acceptors (Lipinski definition) is 6. The second-order valence-corrected chi connectivity index (χ2v) is 13.1. The predicted molar refractivity (Wildman–Crippen MR) is 169 cm³/mol. The van der Waals surface area contributed by atoms with Crippen LogP contribution < -0.4 is 0 Å². The summed E-state index contributed by atoms with van der Waals surface area (Å²) in [5.74, 6) is 2.31. The SMILES string of the molecule is Cc1nc2ccccc2n1C1CC2CCC(C1)N2CCC1(c2ccccc2)CCN(C(=O)Cc2nc3ncccn3n2)CC1. The molecule has 1 amide bonds. The van der Waals surface area contributed by atoms with Gasteiger partial charge in [0.25, 0.3) is 5.78 Å². The van der Waals surface area contributed by atoms with E-state index in [1.54, 1.807) is 10.7 Å². The molecule has 8 rings (SSSR count). The Morgan fingerprint density at radius 1 is 0.909 bits per heavy atom. The first-order chi connectivity index (χ1) is 21.6. The Balaban J connectivity index is 0.953. The van der Waals surface area contributed by atoms with Crippen molar-refractivity contribution in [3.63, 3.8) is 0 Å². The summed E-state index contributed by atoms with van der Waals surface area (Å²) in [7, 11) is 0. The number of aryl methyl sites for hydroxylation is 1. The third-order valence-corrected chi connectivity index (χ3v) is 10.8. The maximum Gasteiger partial charge on any atom is 0.252 e. The molecular weight excluding hydrogens is 548 g/mol. The number of para-hydroxylation sites is 2. The van der Waals surface area contributed by atoms with Gasteiger partial charge in [0.15, 0.2) is 5.82 Å². The molecule has 2 bridgehead atoms. The van der Waals surface area contributed by atoms with Gasteiger partial charge in [0, 0.05) is 43.6 Å². The summed E-state index contributed by atoms with van der Waals surface area (Å²) >= 11 is 0. The lowest BCUT2D eigenvalue weighted by molar-refractivity contribution is -0.132. The van der Waals surface area contributed by atoms with Crippen LogP contribution >= 0.6 is 0 Å². The third-order valence-electron chi connectivity index (χ3n) is 10.8. The van der Waals surface area contributed by atoms with E-state index < -0.39 is 0 Å². The van der Waals surface area contributed by atoms with Crippen LogP contribution in [-0.2, 0) is 16.6 Å². The Morgan fingerprint density at radius 3 is 2.43 bits per heavy atom. The number of carbonyl (C=O) groups excluding carboxylic acids is 1. The smallest absolute Gasteiger partial charge is 0.252 e. The number of likely N-dealkylation sites (tertiary alicyclic amines) is 1. The molecule has 44 heavy (non-hydrogen) atoms. The number of rotatable bonds is 7. The molecule has 226 valence electrons. The van der Waals surface area contributed by atoms with E-state index in [0.717, 1.165) is 50.2 Å².